The maximum Gasteiger partial charge on any atom is 0.226 e. The van der Waals surface area contributed by atoms with E-state index >= 15 is 0 Å². The molecule has 0 saturated heterocycles. The van der Waals surface area contributed by atoms with E-state index in [2.05, 4.69) is 44.4 Å². The third-order valence-corrected chi connectivity index (χ3v) is 2.84. The molecule has 0 spiro atoms. The quantitative estimate of drug-likeness (QED) is 0.737. The number of hydrogen-bond donors (Lipinski definition) is 3. The molecular formula is C11H18N6. The number of aromatic nitrogens is 4. The summed E-state index contributed by atoms with van der Waals surface area (Å²) in [4.78, 5) is 15.9. The Bertz CT molecular complexity index is 488. The van der Waals surface area contributed by atoms with Gasteiger partial charge >= 0.3 is 0 Å². The fourth-order valence-electron chi connectivity index (χ4n) is 1.74. The monoisotopic (exact) mass is 234 g/mol. The first-order chi connectivity index (χ1) is 8.28. The molecule has 0 fully saturated rings. The second-order valence-corrected chi connectivity index (χ2v) is 3.90. The molecule has 0 aliphatic heterocycles. The first-order valence-electron chi connectivity index (χ1n) is 5.93. The third-order valence-electron chi connectivity index (χ3n) is 2.84. The van der Waals surface area contributed by atoms with Crippen LogP contribution in [0, 0.1) is 0 Å². The van der Waals surface area contributed by atoms with Crippen LogP contribution in [0.5, 0.6) is 0 Å². The van der Waals surface area contributed by atoms with E-state index in [0.717, 1.165) is 24.2 Å². The van der Waals surface area contributed by atoms with E-state index in [0.29, 0.717) is 17.6 Å². The summed E-state index contributed by atoms with van der Waals surface area (Å²) in [5, 5.41) is 6.36. The van der Waals surface area contributed by atoms with E-state index in [9.17, 15) is 0 Å². The molecule has 3 N–H and O–H groups in total. The fraction of sp³-hybridized carbons (Fsp3) is 0.545. The zero-order valence-corrected chi connectivity index (χ0v) is 10.4. The van der Waals surface area contributed by atoms with Gasteiger partial charge in [-0.2, -0.15) is 9.97 Å². The molecule has 0 aromatic carbocycles. The van der Waals surface area contributed by atoms with Gasteiger partial charge in [0, 0.05) is 13.1 Å². The Morgan fingerprint density at radius 1 is 1.29 bits per heavy atom. The fourth-order valence-corrected chi connectivity index (χ4v) is 1.74. The van der Waals surface area contributed by atoms with Crippen LogP contribution in [0.4, 0.5) is 11.8 Å². The summed E-state index contributed by atoms with van der Waals surface area (Å²) in [6, 6.07) is 0.418. The minimum atomic E-state index is 0.418. The molecule has 0 radical (unpaired) electrons. The van der Waals surface area contributed by atoms with Crippen molar-refractivity contribution in [1.29, 1.82) is 0 Å². The minimum Gasteiger partial charge on any atom is -0.365 e. The molecule has 0 aliphatic rings. The van der Waals surface area contributed by atoms with Crippen LogP contribution in [0.15, 0.2) is 6.33 Å². The van der Waals surface area contributed by atoms with E-state index in [4.69, 9.17) is 0 Å². The lowest BCUT2D eigenvalue weighted by atomic mass is 10.2. The van der Waals surface area contributed by atoms with Crippen LogP contribution in [-0.2, 0) is 0 Å². The second kappa shape index (κ2) is 4.99. The van der Waals surface area contributed by atoms with Crippen molar-refractivity contribution in [2.45, 2.75) is 32.7 Å². The Labute approximate surface area is 100 Å². The highest BCUT2D eigenvalue weighted by Crippen LogP contribution is 2.20. The van der Waals surface area contributed by atoms with Crippen molar-refractivity contribution in [1.82, 2.24) is 19.9 Å². The normalized spacial score (nSPS) is 11.1. The first kappa shape index (κ1) is 11.6. The van der Waals surface area contributed by atoms with E-state index in [1.54, 1.807) is 13.4 Å². The number of nitrogens with one attached hydrogen (secondary N) is 3. The molecule has 2 aromatic rings. The van der Waals surface area contributed by atoms with Crippen molar-refractivity contribution in [2.75, 3.05) is 17.7 Å². The van der Waals surface area contributed by atoms with E-state index < -0.39 is 0 Å². The summed E-state index contributed by atoms with van der Waals surface area (Å²) in [7, 11) is 1.80. The lowest BCUT2D eigenvalue weighted by molar-refractivity contribution is 0.669. The van der Waals surface area contributed by atoms with Crippen molar-refractivity contribution >= 4 is 22.9 Å². The highest BCUT2D eigenvalue weighted by atomic mass is 15.2. The van der Waals surface area contributed by atoms with E-state index in [1.165, 1.54) is 0 Å². The molecule has 0 amide bonds. The van der Waals surface area contributed by atoms with Crippen LogP contribution in [0.25, 0.3) is 11.2 Å². The molecule has 2 heterocycles. The van der Waals surface area contributed by atoms with Gasteiger partial charge in [-0.1, -0.05) is 13.8 Å². The van der Waals surface area contributed by atoms with E-state index in [1.807, 2.05) is 0 Å². The first-order valence-corrected chi connectivity index (χ1v) is 5.93. The highest BCUT2D eigenvalue weighted by Gasteiger charge is 2.11. The van der Waals surface area contributed by atoms with Gasteiger partial charge in [-0.15, -0.1) is 0 Å². The summed E-state index contributed by atoms with van der Waals surface area (Å²) in [5.74, 6) is 1.39. The van der Waals surface area contributed by atoms with Crippen LogP contribution in [0.1, 0.15) is 26.7 Å². The van der Waals surface area contributed by atoms with Crippen LogP contribution >= 0.6 is 0 Å². The Balaban J connectivity index is 2.39. The molecule has 92 valence electrons. The largest absolute Gasteiger partial charge is 0.365 e. The standard InChI is InChI=1S/C11H18N6/c1-4-7(5-2)15-10-8-9(14-6-13-8)16-11(12-3)17-10/h6-7H,4-5H2,1-3H3,(H3,12,13,14,15,16,17). The smallest absolute Gasteiger partial charge is 0.226 e. The van der Waals surface area contributed by atoms with Crippen molar-refractivity contribution in [2.24, 2.45) is 0 Å². The van der Waals surface area contributed by atoms with Crippen LogP contribution in [0.2, 0.25) is 0 Å². The van der Waals surface area contributed by atoms with Gasteiger partial charge in [0.1, 0.15) is 5.52 Å². The van der Waals surface area contributed by atoms with Gasteiger partial charge < -0.3 is 15.6 Å². The zero-order chi connectivity index (χ0) is 12.3. The Morgan fingerprint density at radius 2 is 2.06 bits per heavy atom. The zero-order valence-electron chi connectivity index (χ0n) is 10.4. The van der Waals surface area contributed by atoms with Crippen molar-refractivity contribution in [3.05, 3.63) is 6.33 Å². The number of anilines is 2. The Kier molecular flexibility index (Phi) is 3.41. The van der Waals surface area contributed by atoms with Crippen LogP contribution in [0.3, 0.4) is 0 Å². The molecule has 2 aromatic heterocycles. The number of nitrogens with zero attached hydrogens (tertiary/aromatic N) is 3. The average molecular weight is 234 g/mol. The van der Waals surface area contributed by atoms with Crippen LogP contribution < -0.4 is 10.6 Å². The average Bonchev–Trinajstić information content (AvgIpc) is 2.83. The summed E-state index contributed by atoms with van der Waals surface area (Å²) < 4.78 is 0. The number of imidazole rings is 1. The molecule has 0 aliphatic carbocycles. The number of H-pyrrole nitrogens is 1. The molecule has 6 nitrogen and oxygen atoms in total. The van der Waals surface area contributed by atoms with Crippen molar-refractivity contribution in [3.8, 4) is 0 Å². The van der Waals surface area contributed by atoms with Gasteiger partial charge in [0.2, 0.25) is 5.95 Å². The minimum absolute atomic E-state index is 0.418. The van der Waals surface area contributed by atoms with Gasteiger partial charge in [0.25, 0.3) is 0 Å². The molecule has 17 heavy (non-hydrogen) atoms. The van der Waals surface area contributed by atoms with E-state index in [-0.39, 0.29) is 0 Å². The maximum atomic E-state index is 4.42. The maximum absolute atomic E-state index is 4.42. The topological polar surface area (TPSA) is 78.5 Å². The predicted octanol–water partition coefficient (Wildman–Crippen LogP) is 2.00. The lowest BCUT2D eigenvalue weighted by Crippen LogP contribution is -2.18. The molecule has 0 unspecified atom stereocenters. The van der Waals surface area contributed by atoms with Gasteiger partial charge in [0.05, 0.1) is 6.33 Å². The van der Waals surface area contributed by atoms with Gasteiger partial charge in [-0.05, 0) is 12.8 Å². The molecule has 0 saturated carbocycles. The summed E-state index contributed by atoms with van der Waals surface area (Å²) in [5.41, 5.74) is 1.54. The summed E-state index contributed by atoms with van der Waals surface area (Å²) in [6.07, 6.45) is 3.76. The Hall–Kier alpha value is -1.85. The highest BCUT2D eigenvalue weighted by molar-refractivity contribution is 5.83. The Morgan fingerprint density at radius 3 is 2.71 bits per heavy atom. The summed E-state index contributed by atoms with van der Waals surface area (Å²) in [6.45, 7) is 4.32. The molecular weight excluding hydrogens is 216 g/mol. The predicted molar refractivity (Wildman–Crippen MR) is 69.2 cm³/mol. The molecule has 6 heteroatoms. The SMILES string of the molecule is CCC(CC)Nc1nc(NC)nc2nc[nH]c12. The van der Waals surface area contributed by atoms with Crippen molar-refractivity contribution in [3.63, 3.8) is 0 Å². The number of rotatable bonds is 5. The lowest BCUT2D eigenvalue weighted by Gasteiger charge is -2.16. The summed E-state index contributed by atoms with van der Waals surface area (Å²) >= 11 is 0. The second-order valence-electron chi connectivity index (χ2n) is 3.90. The van der Waals surface area contributed by atoms with Crippen LogP contribution in [-0.4, -0.2) is 33.0 Å². The molecule has 2 rings (SSSR count). The number of hydrogen-bond acceptors (Lipinski definition) is 5. The molecule has 0 bridgehead atoms. The van der Waals surface area contributed by atoms with Gasteiger partial charge in [0.15, 0.2) is 11.5 Å². The van der Waals surface area contributed by atoms with Gasteiger partial charge in [-0.3, -0.25) is 0 Å². The number of fused-ring (bicyclic) bond motifs is 1. The van der Waals surface area contributed by atoms with Gasteiger partial charge in [-0.25, -0.2) is 4.98 Å². The molecule has 0 atom stereocenters. The van der Waals surface area contributed by atoms with Crippen molar-refractivity contribution < 1.29 is 0 Å². The third kappa shape index (κ3) is 2.30. The number of aromatic amines is 1.